The Hall–Kier alpha value is -1.13. The highest BCUT2D eigenvalue weighted by molar-refractivity contribution is 9.08. The van der Waals surface area contributed by atoms with Crippen molar-refractivity contribution in [1.82, 2.24) is 5.32 Å². The van der Waals surface area contributed by atoms with Crippen molar-refractivity contribution in [2.75, 3.05) is 6.17 Å². The maximum Gasteiger partial charge on any atom is 0.251 e. The molecule has 0 heterocycles. The van der Waals surface area contributed by atoms with Gasteiger partial charge in [0.15, 0.2) is 0 Å². The first-order valence-corrected chi connectivity index (χ1v) is 11.6. The smallest absolute Gasteiger partial charge is 0.251 e. The van der Waals surface area contributed by atoms with E-state index in [2.05, 4.69) is 47.0 Å². The summed E-state index contributed by atoms with van der Waals surface area (Å²) in [5.41, 5.74) is 1.98. The summed E-state index contributed by atoms with van der Waals surface area (Å²) in [5.74, 6) is 0.0322. The molecule has 1 N–H and O–H groups in total. The zero-order valence-electron chi connectivity index (χ0n) is 12.2. The van der Waals surface area contributed by atoms with E-state index < -0.39 is 8.07 Å². The number of alkyl halides is 1. The van der Waals surface area contributed by atoms with E-state index in [1.165, 1.54) is 5.56 Å². The van der Waals surface area contributed by atoms with Gasteiger partial charge in [-0.3, -0.25) is 4.79 Å². The fourth-order valence-electron chi connectivity index (χ4n) is 2.12. The maximum atomic E-state index is 12.4. The van der Waals surface area contributed by atoms with E-state index >= 15 is 0 Å². The van der Waals surface area contributed by atoms with Crippen molar-refractivity contribution < 1.29 is 4.79 Å². The zero-order valence-corrected chi connectivity index (χ0v) is 14.8. The molecule has 2 rings (SSSR count). The molecule has 0 bridgehead atoms. The first-order valence-electron chi connectivity index (χ1n) is 6.77. The van der Waals surface area contributed by atoms with Crippen LogP contribution in [-0.2, 0) is 5.33 Å². The van der Waals surface area contributed by atoms with Gasteiger partial charge in [0.2, 0.25) is 0 Å². The minimum atomic E-state index is -1.28. The van der Waals surface area contributed by atoms with E-state index in [1.807, 2.05) is 30.3 Å². The minimum Gasteiger partial charge on any atom is -0.355 e. The Morgan fingerprint density at radius 3 is 2.35 bits per heavy atom. The normalized spacial score (nSPS) is 11.6. The lowest BCUT2D eigenvalue weighted by Crippen LogP contribution is -2.39. The van der Waals surface area contributed by atoms with Crippen LogP contribution in [0.2, 0.25) is 19.6 Å². The Morgan fingerprint density at radius 2 is 1.75 bits per heavy atom. The highest BCUT2D eigenvalue weighted by Crippen LogP contribution is 2.24. The predicted octanol–water partition coefficient (Wildman–Crippen LogP) is 4.34. The molecule has 0 aliphatic carbocycles. The molecule has 2 aromatic rings. The summed E-state index contributed by atoms with van der Waals surface area (Å²) in [7, 11) is -1.28. The van der Waals surface area contributed by atoms with Crippen LogP contribution in [0.1, 0.15) is 15.9 Å². The van der Waals surface area contributed by atoms with Gasteiger partial charge in [-0.05, 0) is 22.4 Å². The van der Waals surface area contributed by atoms with Crippen molar-refractivity contribution in [2.45, 2.75) is 25.0 Å². The largest absolute Gasteiger partial charge is 0.355 e. The van der Waals surface area contributed by atoms with Gasteiger partial charge in [-0.25, -0.2) is 0 Å². The summed E-state index contributed by atoms with van der Waals surface area (Å²) < 4.78 is 0. The van der Waals surface area contributed by atoms with Crippen LogP contribution >= 0.6 is 15.9 Å². The quantitative estimate of drug-likeness (QED) is 0.645. The topological polar surface area (TPSA) is 29.1 Å². The van der Waals surface area contributed by atoms with E-state index in [-0.39, 0.29) is 5.91 Å². The molecule has 0 unspecified atom stereocenters. The van der Waals surface area contributed by atoms with Gasteiger partial charge in [0, 0.05) is 17.1 Å². The number of carbonyl (C=O) groups excluding carboxylic acids is 1. The van der Waals surface area contributed by atoms with E-state index in [0.29, 0.717) is 0 Å². The van der Waals surface area contributed by atoms with E-state index in [4.69, 9.17) is 0 Å². The van der Waals surface area contributed by atoms with Crippen LogP contribution in [0.4, 0.5) is 0 Å². The average Bonchev–Trinajstić information content (AvgIpc) is 2.42. The molecule has 0 fully saturated rings. The van der Waals surface area contributed by atoms with Crippen LogP contribution in [0.5, 0.6) is 0 Å². The molecule has 0 aromatic heterocycles. The van der Waals surface area contributed by atoms with Crippen LogP contribution in [-0.4, -0.2) is 20.1 Å². The van der Waals surface area contributed by atoms with E-state index in [0.717, 1.165) is 27.8 Å². The number of nitrogens with one attached hydrogen (secondary N) is 1. The number of rotatable bonds is 4. The fraction of sp³-hybridized carbons (Fsp3) is 0.312. The Morgan fingerprint density at radius 1 is 1.10 bits per heavy atom. The first kappa shape index (κ1) is 15.3. The molecular weight excluding hydrogens is 330 g/mol. The third kappa shape index (κ3) is 3.49. The monoisotopic (exact) mass is 349 g/mol. The summed E-state index contributed by atoms with van der Waals surface area (Å²) in [5, 5.41) is 6.04. The van der Waals surface area contributed by atoms with Crippen molar-refractivity contribution in [3.05, 3.63) is 47.5 Å². The molecule has 4 heteroatoms. The number of carbonyl (C=O) groups is 1. The summed E-state index contributed by atoms with van der Waals surface area (Å²) >= 11 is 3.50. The molecule has 0 spiro atoms. The van der Waals surface area contributed by atoms with Crippen LogP contribution in [0, 0.1) is 0 Å². The average molecular weight is 350 g/mol. The molecule has 0 aliphatic rings. The van der Waals surface area contributed by atoms with Crippen LogP contribution in [0.25, 0.3) is 10.8 Å². The van der Waals surface area contributed by atoms with Gasteiger partial charge in [-0.15, -0.1) is 0 Å². The van der Waals surface area contributed by atoms with Gasteiger partial charge in [0.05, 0.1) is 8.07 Å². The molecule has 20 heavy (non-hydrogen) atoms. The Labute approximate surface area is 129 Å². The second kappa shape index (κ2) is 6.10. The Balaban J connectivity index is 2.38. The number of halogens is 1. The van der Waals surface area contributed by atoms with Crippen molar-refractivity contribution in [3.8, 4) is 0 Å². The SMILES string of the molecule is C[Si](C)(C)CNC(=O)c1ccc(CBr)c2ccccc12. The van der Waals surface area contributed by atoms with E-state index in [1.54, 1.807) is 0 Å². The lowest BCUT2D eigenvalue weighted by atomic mass is 10.00. The van der Waals surface area contributed by atoms with Crippen LogP contribution in [0.3, 0.4) is 0 Å². The summed E-state index contributed by atoms with van der Waals surface area (Å²) in [4.78, 5) is 12.4. The number of amides is 1. The Kier molecular flexibility index (Phi) is 4.65. The van der Waals surface area contributed by atoms with Crippen molar-refractivity contribution >= 4 is 40.7 Å². The summed E-state index contributed by atoms with van der Waals surface area (Å²) in [6, 6.07) is 12.0. The van der Waals surface area contributed by atoms with Gasteiger partial charge in [0.25, 0.3) is 5.91 Å². The molecule has 2 aromatic carbocycles. The van der Waals surface area contributed by atoms with Crippen LogP contribution < -0.4 is 5.32 Å². The van der Waals surface area contributed by atoms with E-state index in [9.17, 15) is 4.79 Å². The van der Waals surface area contributed by atoms with Gasteiger partial charge in [0.1, 0.15) is 0 Å². The molecule has 2 nitrogen and oxygen atoms in total. The lowest BCUT2D eigenvalue weighted by Gasteiger charge is -2.17. The molecule has 0 saturated heterocycles. The van der Waals surface area contributed by atoms with Gasteiger partial charge >= 0.3 is 0 Å². The maximum absolute atomic E-state index is 12.4. The third-order valence-electron chi connectivity index (χ3n) is 3.18. The number of benzene rings is 2. The first-order chi connectivity index (χ1) is 9.42. The molecule has 0 aliphatic heterocycles. The van der Waals surface area contributed by atoms with Crippen molar-refractivity contribution in [3.63, 3.8) is 0 Å². The van der Waals surface area contributed by atoms with Crippen molar-refractivity contribution in [2.24, 2.45) is 0 Å². The molecule has 1 amide bonds. The standard InChI is InChI=1S/C16H20BrNOSi/c1-20(2,3)11-18-16(19)15-9-8-12(10-17)13-6-4-5-7-14(13)15/h4-9H,10-11H2,1-3H3,(H,18,19). The highest BCUT2D eigenvalue weighted by Gasteiger charge is 2.17. The summed E-state index contributed by atoms with van der Waals surface area (Å²) in [6.45, 7) is 6.75. The van der Waals surface area contributed by atoms with Gasteiger partial charge < -0.3 is 5.32 Å². The zero-order chi connectivity index (χ0) is 14.8. The Bertz CT molecular complexity index is 634. The molecular formula is C16H20BrNOSi. The number of hydrogen-bond acceptors (Lipinski definition) is 1. The van der Waals surface area contributed by atoms with Gasteiger partial charge in [-0.1, -0.05) is 65.9 Å². The highest BCUT2D eigenvalue weighted by atomic mass is 79.9. The lowest BCUT2D eigenvalue weighted by molar-refractivity contribution is 0.0961. The number of hydrogen-bond donors (Lipinski definition) is 1. The number of fused-ring (bicyclic) bond motifs is 1. The molecule has 106 valence electrons. The second-order valence-electron chi connectivity index (χ2n) is 6.19. The summed E-state index contributed by atoms with van der Waals surface area (Å²) in [6.07, 6.45) is 0.806. The van der Waals surface area contributed by atoms with Crippen LogP contribution in [0.15, 0.2) is 36.4 Å². The minimum absolute atomic E-state index is 0.0322. The molecule has 0 radical (unpaired) electrons. The van der Waals surface area contributed by atoms with Crippen molar-refractivity contribution in [1.29, 1.82) is 0 Å². The molecule has 0 atom stereocenters. The third-order valence-corrected chi connectivity index (χ3v) is 5.02. The fourth-order valence-corrected chi connectivity index (χ4v) is 3.30. The molecule has 0 saturated carbocycles. The second-order valence-corrected chi connectivity index (χ2v) is 12.2. The predicted molar refractivity (Wildman–Crippen MR) is 92.3 cm³/mol. The van der Waals surface area contributed by atoms with Gasteiger partial charge in [-0.2, -0.15) is 0 Å².